The fourth-order valence-corrected chi connectivity index (χ4v) is 3.53. The van der Waals surface area contributed by atoms with Crippen molar-refractivity contribution in [2.45, 2.75) is 26.3 Å². The summed E-state index contributed by atoms with van der Waals surface area (Å²) in [6, 6.07) is 23.1. The summed E-state index contributed by atoms with van der Waals surface area (Å²) in [5.74, 6) is 1.45. The predicted octanol–water partition coefficient (Wildman–Crippen LogP) is 6.28. The number of ether oxygens (including phenoxy) is 2. The van der Waals surface area contributed by atoms with Crippen LogP contribution in [0.25, 0.3) is 11.5 Å². The van der Waals surface area contributed by atoms with Gasteiger partial charge in [0.1, 0.15) is 11.5 Å². The number of halogens is 3. The highest BCUT2D eigenvalue weighted by Gasteiger charge is 2.31. The standard InChI is InChI=1S/C26H24F3N3O3/c1-2-32(21-11-7-13-23(17-21)34-26(27,28)29)18-19-8-6-12-22(16-19)33-15-14-24-30-25(35-31-24)20-9-4-3-5-10-20/h3-13,16-17H,2,14-15,18H2,1H3. The average Bonchev–Trinajstić information content (AvgIpc) is 3.31. The smallest absolute Gasteiger partial charge is 0.493 e. The SMILES string of the molecule is CCN(Cc1cccc(OCCc2noc(-c3ccccc3)n2)c1)c1cccc(OC(F)(F)F)c1. The predicted molar refractivity (Wildman–Crippen MR) is 125 cm³/mol. The molecule has 0 amide bonds. The molecule has 0 unspecified atom stereocenters. The van der Waals surface area contributed by atoms with Gasteiger partial charge < -0.3 is 18.9 Å². The van der Waals surface area contributed by atoms with Crippen LogP contribution in [0.3, 0.4) is 0 Å². The van der Waals surface area contributed by atoms with Gasteiger partial charge in [0, 0.05) is 36.8 Å². The van der Waals surface area contributed by atoms with Crippen LogP contribution in [-0.4, -0.2) is 29.7 Å². The van der Waals surface area contributed by atoms with Crippen LogP contribution in [0, 0.1) is 0 Å². The first kappa shape index (κ1) is 24.1. The highest BCUT2D eigenvalue weighted by atomic mass is 19.4. The number of anilines is 1. The van der Waals surface area contributed by atoms with Crippen molar-refractivity contribution < 1.29 is 27.2 Å². The van der Waals surface area contributed by atoms with Crippen molar-refractivity contribution in [1.82, 2.24) is 10.1 Å². The zero-order valence-corrected chi connectivity index (χ0v) is 19.0. The van der Waals surface area contributed by atoms with Gasteiger partial charge in [-0.3, -0.25) is 0 Å². The second kappa shape index (κ2) is 10.9. The van der Waals surface area contributed by atoms with Gasteiger partial charge in [-0.1, -0.05) is 41.6 Å². The minimum Gasteiger partial charge on any atom is -0.493 e. The molecule has 0 spiro atoms. The van der Waals surface area contributed by atoms with Crippen LogP contribution in [0.2, 0.25) is 0 Å². The lowest BCUT2D eigenvalue weighted by atomic mass is 10.2. The minimum atomic E-state index is -4.73. The van der Waals surface area contributed by atoms with E-state index in [0.717, 1.165) is 11.1 Å². The van der Waals surface area contributed by atoms with Gasteiger partial charge in [0.15, 0.2) is 5.82 Å². The van der Waals surface area contributed by atoms with Crippen LogP contribution in [0.1, 0.15) is 18.3 Å². The number of rotatable bonds is 10. The zero-order chi connectivity index (χ0) is 24.7. The fourth-order valence-electron chi connectivity index (χ4n) is 3.53. The van der Waals surface area contributed by atoms with Crippen molar-refractivity contribution in [3.8, 4) is 23.0 Å². The molecule has 35 heavy (non-hydrogen) atoms. The zero-order valence-electron chi connectivity index (χ0n) is 19.0. The van der Waals surface area contributed by atoms with E-state index in [1.54, 1.807) is 12.1 Å². The summed E-state index contributed by atoms with van der Waals surface area (Å²) in [6.07, 6.45) is -4.25. The number of hydrogen-bond acceptors (Lipinski definition) is 6. The van der Waals surface area contributed by atoms with Crippen LogP contribution >= 0.6 is 0 Å². The lowest BCUT2D eigenvalue weighted by Crippen LogP contribution is -2.22. The molecule has 1 aromatic heterocycles. The quantitative estimate of drug-likeness (QED) is 0.264. The Kier molecular flexibility index (Phi) is 7.54. The Balaban J connectivity index is 1.35. The molecule has 0 fully saturated rings. The van der Waals surface area contributed by atoms with Gasteiger partial charge in [-0.2, -0.15) is 4.98 Å². The van der Waals surface area contributed by atoms with E-state index in [2.05, 4.69) is 14.9 Å². The van der Waals surface area contributed by atoms with Crippen molar-refractivity contribution in [2.24, 2.45) is 0 Å². The second-order valence-corrected chi connectivity index (χ2v) is 7.69. The molecule has 0 N–H and O–H groups in total. The molecule has 0 atom stereocenters. The molecule has 0 aliphatic carbocycles. The maximum atomic E-state index is 12.6. The molecule has 4 aromatic rings. The maximum Gasteiger partial charge on any atom is 0.573 e. The third-order valence-electron chi connectivity index (χ3n) is 5.15. The number of nitrogens with zero attached hydrogens (tertiary/aromatic N) is 3. The molecule has 0 saturated carbocycles. The Morgan fingerprint density at radius 3 is 2.46 bits per heavy atom. The molecule has 0 radical (unpaired) electrons. The van der Waals surface area contributed by atoms with Gasteiger partial charge in [-0.05, 0) is 48.9 Å². The summed E-state index contributed by atoms with van der Waals surface area (Å²) >= 11 is 0. The van der Waals surface area contributed by atoms with E-state index in [0.29, 0.717) is 49.3 Å². The molecule has 0 saturated heterocycles. The Hall–Kier alpha value is -4.01. The lowest BCUT2D eigenvalue weighted by Gasteiger charge is -2.24. The normalized spacial score (nSPS) is 11.3. The van der Waals surface area contributed by atoms with Gasteiger partial charge in [-0.25, -0.2) is 0 Å². The highest BCUT2D eigenvalue weighted by molar-refractivity contribution is 5.52. The minimum absolute atomic E-state index is 0.248. The van der Waals surface area contributed by atoms with Gasteiger partial charge in [0.25, 0.3) is 5.89 Å². The topological polar surface area (TPSA) is 60.6 Å². The van der Waals surface area contributed by atoms with Crippen LogP contribution in [0.5, 0.6) is 11.5 Å². The largest absolute Gasteiger partial charge is 0.573 e. The lowest BCUT2D eigenvalue weighted by molar-refractivity contribution is -0.274. The van der Waals surface area contributed by atoms with Crippen molar-refractivity contribution >= 4 is 5.69 Å². The number of benzene rings is 3. The Labute approximate surface area is 200 Å². The molecular weight excluding hydrogens is 459 g/mol. The second-order valence-electron chi connectivity index (χ2n) is 7.69. The Bertz CT molecular complexity index is 1230. The van der Waals surface area contributed by atoms with Crippen LogP contribution in [0.4, 0.5) is 18.9 Å². The summed E-state index contributed by atoms with van der Waals surface area (Å²) < 4.78 is 53.0. The third kappa shape index (κ3) is 6.99. The van der Waals surface area contributed by atoms with Crippen LogP contribution < -0.4 is 14.4 Å². The molecule has 1 heterocycles. The van der Waals surface area contributed by atoms with E-state index >= 15 is 0 Å². The number of alkyl halides is 3. The van der Waals surface area contributed by atoms with E-state index < -0.39 is 6.36 Å². The van der Waals surface area contributed by atoms with Gasteiger partial charge in [0.2, 0.25) is 0 Å². The Morgan fingerprint density at radius 1 is 0.914 bits per heavy atom. The van der Waals surface area contributed by atoms with E-state index in [9.17, 15) is 13.2 Å². The fraction of sp³-hybridized carbons (Fsp3) is 0.231. The maximum absolute atomic E-state index is 12.6. The summed E-state index contributed by atoms with van der Waals surface area (Å²) in [5.41, 5.74) is 2.44. The summed E-state index contributed by atoms with van der Waals surface area (Å²) in [5, 5.41) is 4.00. The first-order valence-corrected chi connectivity index (χ1v) is 11.1. The monoisotopic (exact) mass is 483 g/mol. The molecule has 0 aliphatic rings. The first-order valence-electron chi connectivity index (χ1n) is 11.1. The molecule has 182 valence electrons. The van der Waals surface area contributed by atoms with Crippen molar-refractivity contribution in [3.63, 3.8) is 0 Å². The van der Waals surface area contributed by atoms with E-state index in [1.807, 2.05) is 66.4 Å². The van der Waals surface area contributed by atoms with Crippen molar-refractivity contribution in [2.75, 3.05) is 18.1 Å². The van der Waals surface area contributed by atoms with Gasteiger partial charge >= 0.3 is 6.36 Å². The van der Waals surface area contributed by atoms with Gasteiger partial charge in [0.05, 0.1) is 6.61 Å². The van der Waals surface area contributed by atoms with Crippen LogP contribution in [-0.2, 0) is 13.0 Å². The molecule has 6 nitrogen and oxygen atoms in total. The number of hydrogen-bond donors (Lipinski definition) is 0. The summed E-state index contributed by atoms with van der Waals surface area (Å²) in [7, 11) is 0. The molecular formula is C26H24F3N3O3. The van der Waals surface area contributed by atoms with E-state index in [-0.39, 0.29) is 5.75 Å². The van der Waals surface area contributed by atoms with E-state index in [1.165, 1.54) is 12.1 Å². The van der Waals surface area contributed by atoms with Crippen LogP contribution in [0.15, 0.2) is 83.4 Å². The Morgan fingerprint density at radius 2 is 1.69 bits per heavy atom. The summed E-state index contributed by atoms with van der Waals surface area (Å²) in [4.78, 5) is 6.35. The molecule has 4 rings (SSSR count). The van der Waals surface area contributed by atoms with Crippen molar-refractivity contribution in [3.05, 3.63) is 90.3 Å². The van der Waals surface area contributed by atoms with Gasteiger partial charge in [-0.15, -0.1) is 13.2 Å². The molecule has 0 bridgehead atoms. The molecule has 0 aliphatic heterocycles. The third-order valence-corrected chi connectivity index (χ3v) is 5.15. The first-order chi connectivity index (χ1) is 16.9. The highest BCUT2D eigenvalue weighted by Crippen LogP contribution is 2.28. The number of aromatic nitrogens is 2. The summed E-state index contributed by atoms with van der Waals surface area (Å²) in [6.45, 7) is 3.40. The van der Waals surface area contributed by atoms with Crippen molar-refractivity contribution in [1.29, 1.82) is 0 Å². The molecule has 9 heteroatoms. The average molecular weight is 483 g/mol. The molecule has 3 aromatic carbocycles. The van der Waals surface area contributed by atoms with E-state index in [4.69, 9.17) is 9.26 Å².